The van der Waals surface area contributed by atoms with E-state index in [0.717, 1.165) is 52.6 Å². The summed E-state index contributed by atoms with van der Waals surface area (Å²) in [5, 5.41) is 13.4. The van der Waals surface area contributed by atoms with Gasteiger partial charge in [0.1, 0.15) is 11.1 Å². The van der Waals surface area contributed by atoms with Crippen molar-refractivity contribution in [2.75, 3.05) is 5.32 Å². The number of nitriles is 1. The smallest absolute Gasteiger partial charge is 0.256 e. The summed E-state index contributed by atoms with van der Waals surface area (Å²) in [4.78, 5) is 13.2. The Balaban J connectivity index is 1.60. The van der Waals surface area contributed by atoms with Crippen molar-refractivity contribution in [3.63, 3.8) is 0 Å². The number of hydrogen-bond donors (Lipinski definition) is 1. The van der Waals surface area contributed by atoms with Crippen molar-refractivity contribution >= 4 is 34.5 Å². The Labute approximate surface area is 192 Å². The van der Waals surface area contributed by atoms with Gasteiger partial charge in [-0.05, 0) is 66.3 Å². The number of nitrogens with one attached hydrogen (secondary N) is 1. The molecule has 0 radical (unpaired) electrons. The van der Waals surface area contributed by atoms with Crippen LogP contribution in [-0.2, 0) is 25.7 Å². The second-order valence-electron chi connectivity index (χ2n) is 8.11. The monoisotopic (exact) mass is 444 g/mol. The first-order chi connectivity index (χ1) is 15.1. The van der Waals surface area contributed by atoms with E-state index in [1.165, 1.54) is 16.9 Å². The Bertz CT molecular complexity index is 1210. The van der Waals surface area contributed by atoms with Crippen LogP contribution in [0.3, 0.4) is 0 Å². The Morgan fingerprint density at radius 2 is 1.87 bits per heavy atom. The van der Waals surface area contributed by atoms with Gasteiger partial charge in [-0.25, -0.2) is 0 Å². The number of fused-ring (bicyclic) bond motifs is 1. The number of carbonyl (C=O) groups is 1. The van der Waals surface area contributed by atoms with Crippen LogP contribution in [0, 0.1) is 21.1 Å². The molecule has 1 amide bonds. The number of carbonyl (C=O) groups excluding carboxylic acids is 1. The normalized spacial score (nSPS) is 15.0. The molecule has 5 heteroatoms. The minimum absolute atomic E-state index is 0.185. The van der Waals surface area contributed by atoms with Gasteiger partial charge in [0.25, 0.3) is 5.91 Å². The van der Waals surface area contributed by atoms with E-state index >= 15 is 0 Å². The fourth-order valence-electron chi connectivity index (χ4n) is 4.20. The minimum atomic E-state index is -0.185. The van der Waals surface area contributed by atoms with Gasteiger partial charge in [-0.3, -0.25) is 4.79 Å². The van der Waals surface area contributed by atoms with E-state index in [9.17, 15) is 10.1 Å². The highest BCUT2D eigenvalue weighted by molar-refractivity contribution is 7.73. The zero-order valence-electron chi connectivity index (χ0n) is 17.5. The van der Waals surface area contributed by atoms with Crippen molar-refractivity contribution in [1.29, 1.82) is 5.26 Å². The summed E-state index contributed by atoms with van der Waals surface area (Å²) in [6.07, 6.45) is 4.44. The molecule has 3 nitrogen and oxygen atoms in total. The second kappa shape index (κ2) is 9.55. The van der Waals surface area contributed by atoms with Crippen molar-refractivity contribution < 1.29 is 4.79 Å². The maximum Gasteiger partial charge on any atom is 0.256 e. The summed E-state index contributed by atoms with van der Waals surface area (Å²) in [6, 6.07) is 20.3. The summed E-state index contributed by atoms with van der Waals surface area (Å²) in [5.74, 6) is 0.389. The Morgan fingerprint density at radius 3 is 2.65 bits per heavy atom. The van der Waals surface area contributed by atoms with E-state index in [-0.39, 0.29) is 5.91 Å². The van der Waals surface area contributed by atoms with Crippen LogP contribution in [0.1, 0.15) is 51.5 Å². The van der Waals surface area contributed by atoms with Crippen molar-refractivity contribution in [1.82, 2.24) is 0 Å². The molecule has 31 heavy (non-hydrogen) atoms. The third kappa shape index (κ3) is 4.76. The summed E-state index contributed by atoms with van der Waals surface area (Å²) >= 11 is 6.98. The highest BCUT2D eigenvalue weighted by atomic mass is 32.1. The molecule has 1 aromatic heterocycles. The van der Waals surface area contributed by atoms with E-state index < -0.39 is 0 Å². The number of rotatable bonds is 5. The van der Waals surface area contributed by atoms with E-state index in [0.29, 0.717) is 22.0 Å². The molecule has 0 aliphatic heterocycles. The highest BCUT2D eigenvalue weighted by Gasteiger charge is 2.24. The number of nitrogens with zero attached hydrogens (tertiary/aromatic N) is 1. The topological polar surface area (TPSA) is 52.9 Å². The third-order valence-electron chi connectivity index (χ3n) is 5.90. The number of benzene rings is 2. The highest BCUT2D eigenvalue weighted by Crippen LogP contribution is 2.36. The van der Waals surface area contributed by atoms with Crippen molar-refractivity contribution in [3.05, 3.63) is 91.8 Å². The molecule has 156 valence electrons. The van der Waals surface area contributed by atoms with E-state index in [1.807, 2.05) is 42.5 Å². The van der Waals surface area contributed by atoms with Crippen LogP contribution in [0.15, 0.2) is 54.6 Å². The largest absolute Gasteiger partial charge is 0.312 e. The molecule has 1 atom stereocenters. The maximum absolute atomic E-state index is 13.2. The van der Waals surface area contributed by atoms with E-state index in [2.05, 4.69) is 30.4 Å². The van der Waals surface area contributed by atoms with Crippen LogP contribution >= 0.6 is 23.6 Å². The fourth-order valence-corrected chi connectivity index (χ4v) is 5.59. The zero-order valence-corrected chi connectivity index (χ0v) is 19.1. The third-order valence-corrected chi connectivity index (χ3v) is 7.34. The SMILES string of the molecule is CC1CCc2c(C#N)c(NC(=O)c3ccccc3CCc3ccccc3)sc(=S)c2C1. The lowest BCUT2D eigenvalue weighted by Crippen LogP contribution is -2.18. The van der Waals surface area contributed by atoms with Crippen molar-refractivity contribution in [2.45, 2.75) is 39.0 Å². The Kier molecular flexibility index (Phi) is 6.60. The first-order valence-corrected chi connectivity index (χ1v) is 11.8. The first kappa shape index (κ1) is 21.4. The molecule has 1 N–H and O–H groups in total. The van der Waals surface area contributed by atoms with Gasteiger partial charge < -0.3 is 5.32 Å². The summed E-state index contributed by atoms with van der Waals surface area (Å²) in [5.41, 5.74) is 5.61. The molecule has 1 aliphatic rings. The van der Waals surface area contributed by atoms with Gasteiger partial charge in [-0.15, -0.1) is 11.3 Å². The lowest BCUT2D eigenvalue weighted by atomic mass is 9.85. The molecule has 0 fully saturated rings. The lowest BCUT2D eigenvalue weighted by molar-refractivity contribution is 0.102. The maximum atomic E-state index is 13.2. The number of anilines is 1. The molecular formula is C26H24N2OS2. The molecule has 3 aromatic rings. The van der Waals surface area contributed by atoms with Crippen LogP contribution in [-0.4, -0.2) is 5.91 Å². The molecule has 2 aromatic carbocycles. The van der Waals surface area contributed by atoms with Crippen LogP contribution in [0.4, 0.5) is 5.00 Å². The number of amides is 1. The molecule has 0 saturated heterocycles. The first-order valence-electron chi connectivity index (χ1n) is 10.6. The van der Waals surface area contributed by atoms with Gasteiger partial charge in [0.15, 0.2) is 0 Å². The summed E-state index contributed by atoms with van der Waals surface area (Å²) in [7, 11) is 0. The van der Waals surface area contributed by atoms with Gasteiger partial charge in [-0.1, -0.05) is 67.7 Å². The van der Waals surface area contributed by atoms with Crippen molar-refractivity contribution in [2.24, 2.45) is 5.92 Å². The predicted octanol–water partition coefficient (Wildman–Crippen LogP) is 6.51. The summed E-state index contributed by atoms with van der Waals surface area (Å²) < 4.78 is 0.785. The molecule has 0 bridgehead atoms. The quantitative estimate of drug-likeness (QED) is 0.456. The standard InChI is InChI=1S/C26H24N2OS2/c1-17-11-14-21-22(15-17)26(30)31-25(23(21)16-27)28-24(29)20-10-6-5-9-19(20)13-12-18-7-3-2-4-8-18/h2-10,17H,11-15H2,1H3,(H,28,29). The molecule has 4 rings (SSSR count). The predicted molar refractivity (Wildman–Crippen MR) is 129 cm³/mol. The lowest BCUT2D eigenvalue weighted by Gasteiger charge is -2.23. The van der Waals surface area contributed by atoms with Gasteiger partial charge in [0.05, 0.1) is 9.39 Å². The Morgan fingerprint density at radius 1 is 1.13 bits per heavy atom. The van der Waals surface area contributed by atoms with Crippen molar-refractivity contribution in [3.8, 4) is 6.07 Å². The molecule has 1 heterocycles. The van der Waals surface area contributed by atoms with Gasteiger partial charge in [-0.2, -0.15) is 5.26 Å². The van der Waals surface area contributed by atoms with Crippen LogP contribution in [0.2, 0.25) is 0 Å². The molecule has 1 unspecified atom stereocenters. The number of hydrogen-bond acceptors (Lipinski definition) is 4. The fraction of sp³-hybridized carbons (Fsp3) is 0.269. The summed E-state index contributed by atoms with van der Waals surface area (Å²) in [6.45, 7) is 2.22. The van der Waals surface area contributed by atoms with Crippen LogP contribution in [0.25, 0.3) is 0 Å². The van der Waals surface area contributed by atoms with Gasteiger partial charge in [0, 0.05) is 5.56 Å². The minimum Gasteiger partial charge on any atom is -0.312 e. The number of aryl methyl sites for hydroxylation is 2. The molecule has 1 aliphatic carbocycles. The zero-order chi connectivity index (χ0) is 21.8. The van der Waals surface area contributed by atoms with Gasteiger partial charge >= 0.3 is 0 Å². The second-order valence-corrected chi connectivity index (χ2v) is 9.79. The van der Waals surface area contributed by atoms with E-state index in [1.54, 1.807) is 0 Å². The Hall–Kier alpha value is -2.81. The van der Waals surface area contributed by atoms with E-state index in [4.69, 9.17) is 12.2 Å². The molecule has 0 saturated carbocycles. The van der Waals surface area contributed by atoms with Crippen LogP contribution in [0.5, 0.6) is 0 Å². The average Bonchev–Trinajstić information content (AvgIpc) is 2.79. The van der Waals surface area contributed by atoms with Gasteiger partial charge in [0.2, 0.25) is 0 Å². The average molecular weight is 445 g/mol. The van der Waals surface area contributed by atoms with Crippen LogP contribution < -0.4 is 5.32 Å². The molecule has 0 spiro atoms. The molecular weight excluding hydrogens is 420 g/mol.